The lowest BCUT2D eigenvalue weighted by Gasteiger charge is -2.15. The third kappa shape index (κ3) is 3.42. The van der Waals surface area contributed by atoms with E-state index in [0.717, 1.165) is 33.5 Å². The largest absolute Gasteiger partial charge is 0.363 e. The smallest absolute Gasteiger partial charge is 0.252 e. The van der Waals surface area contributed by atoms with Crippen molar-refractivity contribution < 1.29 is 4.79 Å². The highest BCUT2D eigenvalue weighted by Crippen LogP contribution is 2.22. The molecular formula is C19H21N5O. The molecule has 0 atom stereocenters. The monoisotopic (exact) mass is 335 g/mol. The van der Waals surface area contributed by atoms with Crippen LogP contribution < -0.4 is 10.2 Å². The number of para-hydroxylation sites is 1. The molecule has 0 radical (unpaired) electrons. The van der Waals surface area contributed by atoms with Gasteiger partial charge in [0.15, 0.2) is 0 Å². The molecule has 25 heavy (non-hydrogen) atoms. The molecule has 0 spiro atoms. The number of nitrogens with zero attached hydrogens (tertiary/aromatic N) is 4. The molecule has 0 bridgehead atoms. The number of nitrogens with one attached hydrogen (secondary N) is 1. The normalized spacial score (nSPS) is 10.7. The zero-order valence-corrected chi connectivity index (χ0v) is 14.9. The standard InChI is InChI=1S/C19H21N5O/c1-12-13(2)23-21-11-14(12)10-20-19(25)16-9-18(24(3)4)22-17-8-6-5-7-15(16)17/h5-9,11H,10H2,1-4H3,(H,20,25). The minimum Gasteiger partial charge on any atom is -0.363 e. The number of benzene rings is 1. The van der Waals surface area contributed by atoms with E-state index >= 15 is 0 Å². The highest BCUT2D eigenvalue weighted by Gasteiger charge is 2.14. The first-order chi connectivity index (χ1) is 12.0. The van der Waals surface area contributed by atoms with Crippen molar-refractivity contribution >= 4 is 22.6 Å². The van der Waals surface area contributed by atoms with E-state index in [-0.39, 0.29) is 5.91 Å². The molecule has 0 aliphatic carbocycles. The Morgan fingerprint density at radius 1 is 1.20 bits per heavy atom. The van der Waals surface area contributed by atoms with Crippen molar-refractivity contribution in [3.8, 4) is 0 Å². The van der Waals surface area contributed by atoms with Crippen LogP contribution >= 0.6 is 0 Å². The van der Waals surface area contributed by atoms with E-state index in [0.29, 0.717) is 12.1 Å². The third-order valence-electron chi connectivity index (χ3n) is 4.29. The van der Waals surface area contributed by atoms with E-state index in [1.54, 1.807) is 6.20 Å². The fourth-order valence-corrected chi connectivity index (χ4v) is 2.62. The maximum absolute atomic E-state index is 12.8. The number of carbonyl (C=O) groups is 1. The quantitative estimate of drug-likeness (QED) is 0.793. The fraction of sp³-hybridized carbons (Fsp3) is 0.263. The number of aryl methyl sites for hydroxylation is 1. The number of hydrogen-bond acceptors (Lipinski definition) is 5. The van der Waals surface area contributed by atoms with Crippen LogP contribution in [0.5, 0.6) is 0 Å². The maximum Gasteiger partial charge on any atom is 0.252 e. The molecule has 0 aliphatic heterocycles. The van der Waals surface area contributed by atoms with Gasteiger partial charge in [0.05, 0.1) is 23.0 Å². The van der Waals surface area contributed by atoms with Crippen LogP contribution in [0.25, 0.3) is 10.9 Å². The van der Waals surface area contributed by atoms with Crippen molar-refractivity contribution in [2.45, 2.75) is 20.4 Å². The van der Waals surface area contributed by atoms with E-state index in [9.17, 15) is 4.79 Å². The predicted octanol–water partition coefficient (Wildman–Crippen LogP) is 2.64. The molecule has 1 N–H and O–H groups in total. The van der Waals surface area contributed by atoms with Gasteiger partial charge in [-0.15, -0.1) is 0 Å². The van der Waals surface area contributed by atoms with Crippen molar-refractivity contribution in [2.75, 3.05) is 19.0 Å². The molecular weight excluding hydrogens is 314 g/mol. The summed E-state index contributed by atoms with van der Waals surface area (Å²) >= 11 is 0. The lowest BCUT2D eigenvalue weighted by molar-refractivity contribution is 0.0952. The number of aromatic nitrogens is 3. The minimum atomic E-state index is -0.129. The van der Waals surface area contributed by atoms with E-state index in [1.807, 2.05) is 63.2 Å². The molecule has 0 unspecified atom stereocenters. The lowest BCUT2D eigenvalue weighted by Crippen LogP contribution is -2.24. The summed E-state index contributed by atoms with van der Waals surface area (Å²) in [5.41, 5.74) is 4.30. The number of hydrogen-bond donors (Lipinski definition) is 1. The summed E-state index contributed by atoms with van der Waals surface area (Å²) in [6.45, 7) is 4.31. The van der Waals surface area contributed by atoms with Crippen molar-refractivity contribution in [2.24, 2.45) is 0 Å². The average Bonchev–Trinajstić information content (AvgIpc) is 2.61. The van der Waals surface area contributed by atoms with Crippen LogP contribution in [0.4, 0.5) is 5.82 Å². The molecule has 6 nitrogen and oxygen atoms in total. The Balaban J connectivity index is 1.92. The summed E-state index contributed by atoms with van der Waals surface area (Å²) in [6.07, 6.45) is 1.69. The van der Waals surface area contributed by atoms with Crippen molar-refractivity contribution in [3.63, 3.8) is 0 Å². The van der Waals surface area contributed by atoms with E-state index in [1.165, 1.54) is 0 Å². The highest BCUT2D eigenvalue weighted by molar-refractivity contribution is 6.07. The molecule has 3 aromatic rings. The van der Waals surface area contributed by atoms with Gasteiger partial charge in [-0.25, -0.2) is 4.98 Å². The molecule has 0 saturated heterocycles. The number of anilines is 1. The number of carbonyl (C=O) groups excluding carboxylic acids is 1. The minimum absolute atomic E-state index is 0.129. The maximum atomic E-state index is 12.8. The van der Waals surface area contributed by atoms with Gasteiger partial charge in [-0.1, -0.05) is 18.2 Å². The molecule has 1 amide bonds. The second kappa shape index (κ2) is 6.84. The van der Waals surface area contributed by atoms with Crippen LogP contribution in [0.2, 0.25) is 0 Å². The summed E-state index contributed by atoms with van der Waals surface area (Å²) in [5.74, 6) is 0.622. The summed E-state index contributed by atoms with van der Waals surface area (Å²) in [7, 11) is 3.82. The first-order valence-electron chi connectivity index (χ1n) is 8.10. The van der Waals surface area contributed by atoms with Crippen molar-refractivity contribution in [1.82, 2.24) is 20.5 Å². The predicted molar refractivity (Wildman–Crippen MR) is 98.7 cm³/mol. The van der Waals surface area contributed by atoms with Crippen LogP contribution in [0, 0.1) is 13.8 Å². The third-order valence-corrected chi connectivity index (χ3v) is 4.29. The summed E-state index contributed by atoms with van der Waals surface area (Å²) in [4.78, 5) is 19.3. The van der Waals surface area contributed by atoms with Gasteiger partial charge in [0.2, 0.25) is 0 Å². The Kier molecular flexibility index (Phi) is 4.61. The van der Waals surface area contributed by atoms with Gasteiger partial charge in [-0.05, 0) is 37.1 Å². The molecule has 2 heterocycles. The van der Waals surface area contributed by atoms with E-state index in [4.69, 9.17) is 0 Å². The molecule has 2 aromatic heterocycles. The number of rotatable bonds is 4. The Morgan fingerprint density at radius 3 is 2.72 bits per heavy atom. The first kappa shape index (κ1) is 16.8. The van der Waals surface area contributed by atoms with E-state index < -0.39 is 0 Å². The van der Waals surface area contributed by atoms with Crippen LogP contribution in [0.1, 0.15) is 27.2 Å². The second-order valence-electron chi connectivity index (χ2n) is 6.20. The van der Waals surface area contributed by atoms with Gasteiger partial charge in [0.1, 0.15) is 5.82 Å². The number of pyridine rings is 1. The fourth-order valence-electron chi connectivity index (χ4n) is 2.62. The zero-order valence-electron chi connectivity index (χ0n) is 14.9. The van der Waals surface area contributed by atoms with Gasteiger partial charge >= 0.3 is 0 Å². The summed E-state index contributed by atoms with van der Waals surface area (Å²) in [6, 6.07) is 9.49. The highest BCUT2D eigenvalue weighted by atomic mass is 16.1. The van der Waals surface area contributed by atoms with Gasteiger partial charge in [-0.3, -0.25) is 4.79 Å². The van der Waals surface area contributed by atoms with E-state index in [2.05, 4.69) is 20.5 Å². The molecule has 0 aliphatic rings. The number of amides is 1. The molecule has 0 fully saturated rings. The van der Waals surface area contributed by atoms with Crippen LogP contribution in [-0.4, -0.2) is 35.2 Å². The molecule has 6 heteroatoms. The summed E-state index contributed by atoms with van der Waals surface area (Å²) in [5, 5.41) is 11.8. The molecule has 1 aromatic carbocycles. The Morgan fingerprint density at radius 2 is 1.96 bits per heavy atom. The van der Waals surface area contributed by atoms with Crippen molar-refractivity contribution in [3.05, 3.63) is 58.9 Å². The van der Waals surface area contributed by atoms with Gasteiger partial charge in [-0.2, -0.15) is 10.2 Å². The topological polar surface area (TPSA) is 71.0 Å². The summed E-state index contributed by atoms with van der Waals surface area (Å²) < 4.78 is 0. The van der Waals surface area contributed by atoms with Gasteiger partial charge in [0, 0.05) is 26.0 Å². The van der Waals surface area contributed by atoms with Gasteiger partial charge < -0.3 is 10.2 Å². The Bertz CT molecular complexity index is 936. The zero-order chi connectivity index (χ0) is 18.0. The number of fused-ring (bicyclic) bond motifs is 1. The average molecular weight is 335 g/mol. The Hall–Kier alpha value is -3.02. The molecule has 0 saturated carbocycles. The Labute approximate surface area is 146 Å². The second-order valence-corrected chi connectivity index (χ2v) is 6.20. The van der Waals surface area contributed by atoms with Crippen LogP contribution in [-0.2, 0) is 6.54 Å². The lowest BCUT2D eigenvalue weighted by atomic mass is 10.1. The SMILES string of the molecule is Cc1nncc(CNC(=O)c2cc(N(C)C)nc3ccccc23)c1C. The first-order valence-corrected chi connectivity index (χ1v) is 8.10. The molecule has 3 rings (SSSR count). The van der Waals surface area contributed by atoms with Gasteiger partial charge in [0.25, 0.3) is 5.91 Å². The van der Waals surface area contributed by atoms with Crippen molar-refractivity contribution in [1.29, 1.82) is 0 Å². The molecule has 128 valence electrons. The van der Waals surface area contributed by atoms with Crippen LogP contribution in [0.15, 0.2) is 36.5 Å². The van der Waals surface area contributed by atoms with Crippen LogP contribution in [0.3, 0.4) is 0 Å².